The highest BCUT2D eigenvalue weighted by Crippen LogP contribution is 2.18. The standard InChI is InChI=1S/C22H29N5O/c1-2-24-10-12-26(13-11-24)20-8-9-21(23-18-20)22(28)27-16-14-25(15-17-27)19-6-4-3-5-7-19/h3-9,18H,2,10-17H2,1H3. The van der Waals surface area contributed by atoms with Gasteiger partial charge in [-0.3, -0.25) is 4.79 Å². The Balaban J connectivity index is 1.33. The summed E-state index contributed by atoms with van der Waals surface area (Å²) in [5.74, 6) is 0.0371. The minimum atomic E-state index is 0.0371. The number of rotatable bonds is 4. The molecule has 148 valence electrons. The van der Waals surface area contributed by atoms with Crippen LogP contribution in [0.25, 0.3) is 0 Å². The minimum Gasteiger partial charge on any atom is -0.368 e. The summed E-state index contributed by atoms with van der Waals surface area (Å²) in [5, 5.41) is 0. The molecule has 0 unspecified atom stereocenters. The van der Waals surface area contributed by atoms with Crippen molar-refractivity contribution in [2.75, 3.05) is 68.7 Å². The van der Waals surface area contributed by atoms with Gasteiger partial charge >= 0.3 is 0 Å². The van der Waals surface area contributed by atoms with Gasteiger partial charge < -0.3 is 19.6 Å². The Morgan fingerprint density at radius 2 is 1.46 bits per heavy atom. The zero-order chi connectivity index (χ0) is 19.3. The van der Waals surface area contributed by atoms with Crippen molar-refractivity contribution in [3.63, 3.8) is 0 Å². The van der Waals surface area contributed by atoms with Crippen LogP contribution < -0.4 is 9.80 Å². The highest BCUT2D eigenvalue weighted by Gasteiger charge is 2.23. The Labute approximate surface area is 167 Å². The van der Waals surface area contributed by atoms with Crippen LogP contribution in [0.4, 0.5) is 11.4 Å². The lowest BCUT2D eigenvalue weighted by atomic mass is 10.2. The van der Waals surface area contributed by atoms with E-state index in [4.69, 9.17) is 0 Å². The van der Waals surface area contributed by atoms with Crippen molar-refractivity contribution in [2.24, 2.45) is 0 Å². The number of anilines is 2. The summed E-state index contributed by atoms with van der Waals surface area (Å²) in [6.45, 7) is 10.7. The van der Waals surface area contributed by atoms with E-state index in [9.17, 15) is 4.79 Å². The number of piperazine rings is 2. The fraction of sp³-hybridized carbons (Fsp3) is 0.455. The van der Waals surface area contributed by atoms with Crippen molar-refractivity contribution in [3.8, 4) is 0 Å². The molecule has 0 saturated carbocycles. The van der Waals surface area contributed by atoms with Gasteiger partial charge in [0.1, 0.15) is 5.69 Å². The lowest BCUT2D eigenvalue weighted by Gasteiger charge is -2.36. The molecule has 0 atom stereocenters. The van der Waals surface area contributed by atoms with E-state index in [0.29, 0.717) is 5.69 Å². The van der Waals surface area contributed by atoms with E-state index < -0.39 is 0 Å². The molecular weight excluding hydrogens is 350 g/mol. The van der Waals surface area contributed by atoms with Gasteiger partial charge in [-0.1, -0.05) is 25.1 Å². The molecule has 2 aliphatic heterocycles. The minimum absolute atomic E-state index is 0.0371. The van der Waals surface area contributed by atoms with E-state index in [1.54, 1.807) is 0 Å². The predicted molar refractivity (Wildman–Crippen MR) is 113 cm³/mol. The number of nitrogens with zero attached hydrogens (tertiary/aromatic N) is 5. The van der Waals surface area contributed by atoms with Gasteiger partial charge in [0.05, 0.1) is 11.9 Å². The maximum atomic E-state index is 12.8. The molecule has 1 aromatic heterocycles. The molecule has 2 saturated heterocycles. The number of para-hydroxylation sites is 1. The van der Waals surface area contributed by atoms with Gasteiger partial charge in [0.25, 0.3) is 5.91 Å². The molecule has 4 rings (SSSR count). The quantitative estimate of drug-likeness (QED) is 0.815. The zero-order valence-electron chi connectivity index (χ0n) is 16.6. The molecule has 3 heterocycles. The number of likely N-dealkylation sites (N-methyl/N-ethyl adjacent to an activating group) is 1. The van der Waals surface area contributed by atoms with Gasteiger partial charge in [0, 0.05) is 58.0 Å². The second-order valence-electron chi connectivity index (χ2n) is 7.44. The van der Waals surface area contributed by atoms with Crippen molar-refractivity contribution >= 4 is 17.3 Å². The highest BCUT2D eigenvalue weighted by molar-refractivity contribution is 5.92. The molecule has 2 aromatic rings. The van der Waals surface area contributed by atoms with E-state index in [2.05, 4.69) is 50.9 Å². The normalized spacial score (nSPS) is 18.4. The first kappa shape index (κ1) is 18.7. The molecular formula is C22H29N5O. The number of aromatic nitrogens is 1. The van der Waals surface area contributed by atoms with Gasteiger partial charge in [-0.15, -0.1) is 0 Å². The van der Waals surface area contributed by atoms with E-state index in [-0.39, 0.29) is 5.91 Å². The van der Waals surface area contributed by atoms with E-state index >= 15 is 0 Å². The molecule has 1 aromatic carbocycles. The number of hydrogen-bond donors (Lipinski definition) is 0. The summed E-state index contributed by atoms with van der Waals surface area (Å²) in [7, 11) is 0. The van der Waals surface area contributed by atoms with E-state index in [1.165, 1.54) is 5.69 Å². The fourth-order valence-electron chi connectivity index (χ4n) is 3.99. The molecule has 0 N–H and O–H groups in total. The Hall–Kier alpha value is -2.60. The summed E-state index contributed by atoms with van der Waals surface area (Å²) < 4.78 is 0. The Bertz CT molecular complexity index is 763. The Morgan fingerprint density at radius 3 is 2.07 bits per heavy atom. The largest absolute Gasteiger partial charge is 0.368 e. The summed E-state index contributed by atoms with van der Waals surface area (Å²) in [6.07, 6.45) is 1.86. The van der Waals surface area contributed by atoms with Crippen LogP contribution in [-0.2, 0) is 0 Å². The fourth-order valence-corrected chi connectivity index (χ4v) is 3.99. The average Bonchev–Trinajstić information content (AvgIpc) is 2.79. The first-order chi connectivity index (χ1) is 13.7. The number of benzene rings is 1. The van der Waals surface area contributed by atoms with Gasteiger partial charge in [-0.05, 0) is 30.8 Å². The second-order valence-corrected chi connectivity index (χ2v) is 7.44. The lowest BCUT2D eigenvalue weighted by Crippen LogP contribution is -2.49. The van der Waals surface area contributed by atoms with E-state index in [1.807, 2.05) is 29.3 Å². The maximum absolute atomic E-state index is 12.8. The SMILES string of the molecule is CCN1CCN(c2ccc(C(=O)N3CCN(c4ccccc4)CC3)nc2)CC1. The highest BCUT2D eigenvalue weighted by atomic mass is 16.2. The molecule has 0 bridgehead atoms. The van der Waals surface area contributed by atoms with Gasteiger partial charge in [0.15, 0.2) is 0 Å². The number of pyridine rings is 1. The van der Waals surface area contributed by atoms with Crippen LogP contribution in [0.5, 0.6) is 0 Å². The van der Waals surface area contributed by atoms with Crippen LogP contribution in [0.3, 0.4) is 0 Å². The summed E-state index contributed by atoms with van der Waals surface area (Å²) >= 11 is 0. The van der Waals surface area contributed by atoms with Gasteiger partial charge in [0.2, 0.25) is 0 Å². The molecule has 6 nitrogen and oxygen atoms in total. The van der Waals surface area contributed by atoms with Crippen molar-refractivity contribution < 1.29 is 4.79 Å². The molecule has 6 heteroatoms. The van der Waals surface area contributed by atoms with Crippen LogP contribution in [0.1, 0.15) is 17.4 Å². The summed E-state index contributed by atoms with van der Waals surface area (Å²) in [5.41, 5.74) is 2.88. The first-order valence-electron chi connectivity index (χ1n) is 10.3. The molecule has 0 radical (unpaired) electrons. The predicted octanol–water partition coefficient (Wildman–Crippen LogP) is 2.19. The Kier molecular flexibility index (Phi) is 5.76. The average molecular weight is 380 g/mol. The van der Waals surface area contributed by atoms with Crippen molar-refractivity contribution in [2.45, 2.75) is 6.92 Å². The number of carbonyl (C=O) groups is 1. The smallest absolute Gasteiger partial charge is 0.272 e. The van der Waals surface area contributed by atoms with Gasteiger partial charge in [-0.25, -0.2) is 4.98 Å². The third-order valence-electron chi connectivity index (χ3n) is 5.84. The molecule has 28 heavy (non-hydrogen) atoms. The number of amides is 1. The van der Waals surface area contributed by atoms with Crippen LogP contribution in [0, 0.1) is 0 Å². The summed E-state index contributed by atoms with van der Waals surface area (Å²) in [4.78, 5) is 26.4. The van der Waals surface area contributed by atoms with Crippen LogP contribution in [-0.4, -0.2) is 79.6 Å². The molecule has 2 aliphatic rings. The molecule has 0 spiro atoms. The lowest BCUT2D eigenvalue weighted by molar-refractivity contribution is 0.0741. The van der Waals surface area contributed by atoms with Gasteiger partial charge in [-0.2, -0.15) is 0 Å². The number of hydrogen-bond acceptors (Lipinski definition) is 5. The van der Waals surface area contributed by atoms with Crippen molar-refractivity contribution in [1.29, 1.82) is 0 Å². The molecule has 2 fully saturated rings. The van der Waals surface area contributed by atoms with Crippen molar-refractivity contribution in [3.05, 3.63) is 54.4 Å². The maximum Gasteiger partial charge on any atom is 0.272 e. The Morgan fingerprint density at radius 1 is 0.821 bits per heavy atom. The number of carbonyl (C=O) groups excluding carboxylic acids is 1. The van der Waals surface area contributed by atoms with Crippen LogP contribution in [0.2, 0.25) is 0 Å². The monoisotopic (exact) mass is 379 g/mol. The third kappa shape index (κ3) is 4.12. The van der Waals surface area contributed by atoms with Crippen molar-refractivity contribution in [1.82, 2.24) is 14.8 Å². The molecule has 1 amide bonds. The summed E-state index contributed by atoms with van der Waals surface area (Å²) in [6, 6.07) is 14.3. The second kappa shape index (κ2) is 8.61. The molecule has 0 aliphatic carbocycles. The third-order valence-corrected chi connectivity index (χ3v) is 5.84. The topological polar surface area (TPSA) is 42.9 Å². The first-order valence-corrected chi connectivity index (χ1v) is 10.3. The van der Waals surface area contributed by atoms with E-state index in [0.717, 1.165) is 64.6 Å². The van der Waals surface area contributed by atoms with Crippen LogP contribution >= 0.6 is 0 Å². The zero-order valence-corrected chi connectivity index (χ0v) is 16.6. The van der Waals surface area contributed by atoms with Crippen LogP contribution in [0.15, 0.2) is 48.7 Å².